The van der Waals surface area contributed by atoms with Crippen molar-refractivity contribution in [3.8, 4) is 22.8 Å². The summed E-state index contributed by atoms with van der Waals surface area (Å²) in [4.78, 5) is 19.4. The number of anilines is 2. The zero-order valence-corrected chi connectivity index (χ0v) is 20.0. The molecule has 5 aromatic rings. The average Bonchev–Trinajstić information content (AvgIpc) is 3.35. The molecule has 2 aromatic heterocycles. The number of carboxylic acid groups (broad SMARTS) is 1. The second-order valence-electron chi connectivity index (χ2n) is 8.02. The number of aliphatic carboxylic acids is 1. The highest BCUT2D eigenvalue weighted by molar-refractivity contribution is 6.32. The van der Waals surface area contributed by atoms with Gasteiger partial charge in [-0.1, -0.05) is 23.7 Å². The van der Waals surface area contributed by atoms with E-state index in [1.165, 1.54) is 18.5 Å². The largest absolute Gasteiger partial charge is 0.480 e. The molecule has 3 aromatic carbocycles. The lowest BCUT2D eigenvalue weighted by atomic mass is 10.1. The Morgan fingerprint density at radius 2 is 1.89 bits per heavy atom. The Hall–Kier alpha value is -4.47. The maximum atomic E-state index is 13.9. The van der Waals surface area contributed by atoms with Crippen LogP contribution in [-0.2, 0) is 11.3 Å². The van der Waals surface area contributed by atoms with E-state index < -0.39 is 11.8 Å². The minimum absolute atomic E-state index is 0.0817. The van der Waals surface area contributed by atoms with Gasteiger partial charge in [-0.3, -0.25) is 10.1 Å². The van der Waals surface area contributed by atoms with Gasteiger partial charge in [-0.15, -0.1) is 0 Å². The number of nitrogens with zero attached hydrogens (tertiary/aromatic N) is 2. The molecule has 0 amide bonds. The molecule has 0 aliphatic heterocycles. The van der Waals surface area contributed by atoms with E-state index >= 15 is 0 Å². The second kappa shape index (κ2) is 10.7. The minimum Gasteiger partial charge on any atom is -0.480 e. The highest BCUT2D eigenvalue weighted by Crippen LogP contribution is 2.35. The summed E-state index contributed by atoms with van der Waals surface area (Å²) in [5.74, 6) is 0.782. The third-order valence-electron chi connectivity index (χ3n) is 5.41. The second-order valence-corrected chi connectivity index (χ2v) is 8.43. The van der Waals surface area contributed by atoms with E-state index in [1.54, 1.807) is 36.4 Å². The van der Waals surface area contributed by atoms with E-state index in [0.717, 1.165) is 16.5 Å². The zero-order chi connectivity index (χ0) is 25.8. The summed E-state index contributed by atoms with van der Waals surface area (Å²) < 4.78 is 25.4. The number of hydrogen-bond acceptors (Lipinski definition) is 7. The summed E-state index contributed by atoms with van der Waals surface area (Å²) >= 11 is 6.41. The smallest absolute Gasteiger partial charge is 0.317 e. The minimum atomic E-state index is -0.935. The van der Waals surface area contributed by atoms with E-state index in [2.05, 4.69) is 20.6 Å². The van der Waals surface area contributed by atoms with Crippen LogP contribution in [0.1, 0.15) is 5.76 Å². The number of fused-ring (bicyclic) bond motifs is 1. The molecular weight excluding hydrogens is 499 g/mol. The summed E-state index contributed by atoms with van der Waals surface area (Å²) in [5, 5.41) is 15.9. The highest BCUT2D eigenvalue weighted by atomic mass is 35.5. The molecule has 0 atom stereocenters. The van der Waals surface area contributed by atoms with E-state index in [9.17, 15) is 9.18 Å². The molecule has 8 nitrogen and oxygen atoms in total. The van der Waals surface area contributed by atoms with Gasteiger partial charge in [0.05, 0.1) is 23.6 Å². The van der Waals surface area contributed by atoms with Gasteiger partial charge in [0, 0.05) is 16.6 Å². The maximum absolute atomic E-state index is 13.9. The third kappa shape index (κ3) is 5.69. The molecule has 37 heavy (non-hydrogen) atoms. The molecule has 0 unspecified atom stereocenters. The highest BCUT2D eigenvalue weighted by Gasteiger charge is 2.12. The summed E-state index contributed by atoms with van der Waals surface area (Å²) in [6, 6.07) is 20.4. The normalized spacial score (nSPS) is 11.0. The van der Waals surface area contributed by atoms with Crippen LogP contribution in [0.3, 0.4) is 0 Å². The molecule has 0 aliphatic rings. The summed E-state index contributed by atoms with van der Waals surface area (Å²) in [6.45, 7) is 0.145. The summed E-state index contributed by atoms with van der Waals surface area (Å²) in [5.41, 5.74) is 2.18. The number of rotatable bonds is 9. The van der Waals surface area contributed by atoms with Crippen LogP contribution in [0.4, 0.5) is 15.9 Å². The first-order valence-electron chi connectivity index (χ1n) is 11.2. The van der Waals surface area contributed by atoms with Gasteiger partial charge in [0.15, 0.2) is 11.6 Å². The SMILES string of the molecule is O=C(O)CNCc1ccc(-c2ccc3ncnc(Nc4ccc(Oc5ccccc5F)c(Cl)c4)c3c2)o1. The molecule has 2 heterocycles. The Labute approximate surface area is 215 Å². The Kier molecular flexibility index (Phi) is 6.98. The van der Waals surface area contributed by atoms with Gasteiger partial charge in [0.2, 0.25) is 0 Å². The molecule has 0 radical (unpaired) electrons. The van der Waals surface area contributed by atoms with Crippen LogP contribution in [0.15, 0.2) is 83.5 Å². The van der Waals surface area contributed by atoms with Gasteiger partial charge in [-0.25, -0.2) is 14.4 Å². The van der Waals surface area contributed by atoms with Crippen molar-refractivity contribution in [1.82, 2.24) is 15.3 Å². The van der Waals surface area contributed by atoms with E-state index in [4.69, 9.17) is 25.9 Å². The van der Waals surface area contributed by atoms with Gasteiger partial charge in [-0.05, 0) is 60.7 Å². The van der Waals surface area contributed by atoms with Crippen molar-refractivity contribution in [3.05, 3.63) is 95.7 Å². The number of carboxylic acids is 1. The Bertz CT molecular complexity index is 1590. The molecule has 3 N–H and O–H groups in total. The number of benzene rings is 3. The maximum Gasteiger partial charge on any atom is 0.317 e. The van der Waals surface area contributed by atoms with Gasteiger partial charge in [0.1, 0.15) is 29.4 Å². The number of furan rings is 1. The number of para-hydroxylation sites is 1. The van der Waals surface area contributed by atoms with Crippen LogP contribution in [-0.4, -0.2) is 27.6 Å². The molecule has 186 valence electrons. The summed E-state index contributed by atoms with van der Waals surface area (Å²) in [7, 11) is 0. The number of ether oxygens (including phenoxy) is 1. The number of hydrogen-bond donors (Lipinski definition) is 3. The fourth-order valence-electron chi connectivity index (χ4n) is 3.67. The first kappa shape index (κ1) is 24.2. The standard InChI is InChI=1S/C27H20ClFN4O4/c28-20-12-17(6-9-24(20)37-25-4-2-1-3-21(25)29)33-27-19-11-16(5-8-22(19)31-15-32-27)23-10-7-18(36-23)13-30-14-26(34)35/h1-12,15,30H,13-14H2,(H,34,35)(H,31,32,33). The molecular formula is C27H20ClFN4O4. The Morgan fingerprint density at radius 3 is 2.70 bits per heavy atom. The van der Waals surface area contributed by atoms with Crippen molar-refractivity contribution >= 4 is 40.0 Å². The third-order valence-corrected chi connectivity index (χ3v) is 5.70. The Balaban J connectivity index is 1.37. The van der Waals surface area contributed by atoms with E-state index in [1.807, 2.05) is 24.3 Å². The number of aromatic nitrogens is 2. The summed E-state index contributed by atoms with van der Waals surface area (Å²) in [6.07, 6.45) is 1.46. The van der Waals surface area contributed by atoms with Crippen molar-refractivity contribution < 1.29 is 23.4 Å². The predicted octanol–water partition coefficient (Wildman–Crippen LogP) is 6.39. The van der Waals surface area contributed by atoms with Gasteiger partial charge in [-0.2, -0.15) is 0 Å². The van der Waals surface area contributed by atoms with Crippen molar-refractivity contribution in [1.29, 1.82) is 0 Å². The van der Waals surface area contributed by atoms with Crippen LogP contribution in [0.5, 0.6) is 11.5 Å². The monoisotopic (exact) mass is 518 g/mol. The molecule has 0 fully saturated rings. The van der Waals surface area contributed by atoms with Crippen molar-refractivity contribution in [3.63, 3.8) is 0 Å². The van der Waals surface area contributed by atoms with Crippen molar-refractivity contribution in [2.45, 2.75) is 6.54 Å². The van der Waals surface area contributed by atoms with Gasteiger partial charge >= 0.3 is 5.97 Å². The van der Waals surface area contributed by atoms with Crippen molar-refractivity contribution in [2.75, 3.05) is 11.9 Å². The molecule has 5 rings (SSSR count). The molecule has 0 aliphatic carbocycles. The van der Waals surface area contributed by atoms with E-state index in [0.29, 0.717) is 40.3 Å². The zero-order valence-electron chi connectivity index (χ0n) is 19.2. The fourth-order valence-corrected chi connectivity index (χ4v) is 3.89. The topological polar surface area (TPSA) is 110 Å². The fraction of sp³-hybridized carbons (Fsp3) is 0.0741. The molecule has 10 heteroatoms. The molecule has 0 spiro atoms. The number of carbonyl (C=O) groups is 1. The van der Waals surface area contributed by atoms with Gasteiger partial charge < -0.3 is 19.6 Å². The van der Waals surface area contributed by atoms with Crippen LogP contribution in [0.25, 0.3) is 22.2 Å². The lowest BCUT2D eigenvalue weighted by Gasteiger charge is -2.12. The van der Waals surface area contributed by atoms with Crippen LogP contribution < -0.4 is 15.4 Å². The lowest BCUT2D eigenvalue weighted by molar-refractivity contribution is -0.136. The van der Waals surface area contributed by atoms with Gasteiger partial charge in [0.25, 0.3) is 0 Å². The predicted molar refractivity (Wildman–Crippen MR) is 138 cm³/mol. The number of nitrogens with one attached hydrogen (secondary N) is 2. The van der Waals surface area contributed by atoms with Crippen LogP contribution in [0.2, 0.25) is 5.02 Å². The molecule has 0 saturated heterocycles. The van der Waals surface area contributed by atoms with Crippen LogP contribution in [0, 0.1) is 5.82 Å². The first-order chi connectivity index (χ1) is 18.0. The lowest BCUT2D eigenvalue weighted by Crippen LogP contribution is -2.21. The van der Waals surface area contributed by atoms with Crippen molar-refractivity contribution in [2.24, 2.45) is 0 Å². The van der Waals surface area contributed by atoms with Crippen LogP contribution >= 0.6 is 11.6 Å². The molecule has 0 bridgehead atoms. The van der Waals surface area contributed by atoms with E-state index in [-0.39, 0.29) is 12.3 Å². The number of halogens is 2. The quantitative estimate of drug-likeness (QED) is 0.206. The average molecular weight is 519 g/mol. The first-order valence-corrected chi connectivity index (χ1v) is 11.6. The Morgan fingerprint density at radius 1 is 1.03 bits per heavy atom. The molecule has 0 saturated carbocycles.